The first kappa shape index (κ1) is 13.7. The van der Waals surface area contributed by atoms with Crippen LogP contribution in [0.25, 0.3) is 0 Å². The van der Waals surface area contributed by atoms with Crippen molar-refractivity contribution in [1.29, 1.82) is 0 Å². The standard InChI is InChI=1S/C13H18O4/c14-8-4-9-16-10-5-11-17-13(15)12-6-2-1-3-7-12/h1-3,6-7,14H,4-5,8-11H2. The summed E-state index contributed by atoms with van der Waals surface area (Å²) in [6, 6.07) is 8.90. The minimum absolute atomic E-state index is 0.142. The summed E-state index contributed by atoms with van der Waals surface area (Å²) in [5, 5.41) is 8.52. The van der Waals surface area contributed by atoms with Gasteiger partial charge in [-0.3, -0.25) is 0 Å². The molecule has 0 aromatic heterocycles. The number of hydrogen-bond donors (Lipinski definition) is 1. The highest BCUT2D eigenvalue weighted by atomic mass is 16.5. The van der Waals surface area contributed by atoms with Gasteiger partial charge >= 0.3 is 5.97 Å². The molecule has 1 N–H and O–H groups in total. The van der Waals surface area contributed by atoms with Crippen molar-refractivity contribution in [3.05, 3.63) is 35.9 Å². The van der Waals surface area contributed by atoms with Crippen LogP contribution in [-0.2, 0) is 9.47 Å². The van der Waals surface area contributed by atoms with Crippen LogP contribution in [0.15, 0.2) is 30.3 Å². The van der Waals surface area contributed by atoms with Crippen molar-refractivity contribution in [2.24, 2.45) is 0 Å². The van der Waals surface area contributed by atoms with Crippen molar-refractivity contribution >= 4 is 5.97 Å². The summed E-state index contributed by atoms with van der Waals surface area (Å²) in [4.78, 5) is 11.5. The molecule has 0 saturated carbocycles. The van der Waals surface area contributed by atoms with Crippen LogP contribution in [0.2, 0.25) is 0 Å². The second-order valence-corrected chi connectivity index (χ2v) is 3.55. The second-order valence-electron chi connectivity index (χ2n) is 3.55. The number of esters is 1. The number of hydrogen-bond acceptors (Lipinski definition) is 4. The highest BCUT2D eigenvalue weighted by Crippen LogP contribution is 2.01. The van der Waals surface area contributed by atoms with E-state index in [0.29, 0.717) is 38.2 Å². The predicted molar refractivity (Wildman–Crippen MR) is 63.9 cm³/mol. The van der Waals surface area contributed by atoms with E-state index in [4.69, 9.17) is 14.6 Å². The number of ether oxygens (including phenoxy) is 2. The zero-order valence-electron chi connectivity index (χ0n) is 9.80. The Kier molecular flexibility index (Phi) is 7.02. The average molecular weight is 238 g/mol. The fourth-order valence-corrected chi connectivity index (χ4v) is 1.25. The number of aliphatic hydroxyl groups is 1. The Hall–Kier alpha value is -1.39. The van der Waals surface area contributed by atoms with E-state index < -0.39 is 0 Å². The highest BCUT2D eigenvalue weighted by Gasteiger charge is 2.04. The lowest BCUT2D eigenvalue weighted by molar-refractivity contribution is 0.0438. The number of benzene rings is 1. The molecule has 0 aliphatic heterocycles. The summed E-state index contributed by atoms with van der Waals surface area (Å²) in [7, 11) is 0. The molecule has 0 unspecified atom stereocenters. The van der Waals surface area contributed by atoms with Gasteiger partial charge in [0.15, 0.2) is 0 Å². The maximum absolute atomic E-state index is 11.5. The van der Waals surface area contributed by atoms with Crippen LogP contribution in [0.5, 0.6) is 0 Å². The summed E-state index contributed by atoms with van der Waals surface area (Å²) < 4.78 is 10.3. The van der Waals surface area contributed by atoms with Crippen LogP contribution in [0.4, 0.5) is 0 Å². The van der Waals surface area contributed by atoms with Crippen LogP contribution in [-0.4, -0.2) is 37.5 Å². The Balaban J connectivity index is 2.05. The van der Waals surface area contributed by atoms with Crippen molar-refractivity contribution in [3.63, 3.8) is 0 Å². The predicted octanol–water partition coefficient (Wildman–Crippen LogP) is 1.63. The number of carbonyl (C=O) groups excluding carboxylic acids is 1. The molecule has 0 amide bonds. The van der Waals surface area contributed by atoms with E-state index in [-0.39, 0.29) is 12.6 Å². The smallest absolute Gasteiger partial charge is 0.338 e. The zero-order chi connectivity index (χ0) is 12.3. The van der Waals surface area contributed by atoms with Gasteiger partial charge in [0, 0.05) is 26.2 Å². The molecule has 1 aromatic rings. The topological polar surface area (TPSA) is 55.8 Å². The molecule has 94 valence electrons. The van der Waals surface area contributed by atoms with Gasteiger partial charge in [0.05, 0.1) is 12.2 Å². The highest BCUT2D eigenvalue weighted by molar-refractivity contribution is 5.89. The molecule has 17 heavy (non-hydrogen) atoms. The Morgan fingerprint density at radius 1 is 1.06 bits per heavy atom. The average Bonchev–Trinajstić information content (AvgIpc) is 2.38. The van der Waals surface area contributed by atoms with Crippen LogP contribution in [0.3, 0.4) is 0 Å². The van der Waals surface area contributed by atoms with Gasteiger partial charge in [-0.2, -0.15) is 0 Å². The fraction of sp³-hybridized carbons (Fsp3) is 0.462. The molecule has 4 heteroatoms. The second kappa shape index (κ2) is 8.73. The monoisotopic (exact) mass is 238 g/mol. The van der Waals surface area contributed by atoms with E-state index in [1.54, 1.807) is 24.3 Å². The Morgan fingerprint density at radius 2 is 1.76 bits per heavy atom. The lowest BCUT2D eigenvalue weighted by Gasteiger charge is -2.05. The van der Waals surface area contributed by atoms with E-state index in [9.17, 15) is 4.79 Å². The van der Waals surface area contributed by atoms with Gasteiger partial charge in [-0.15, -0.1) is 0 Å². The fourth-order valence-electron chi connectivity index (χ4n) is 1.25. The van der Waals surface area contributed by atoms with E-state index >= 15 is 0 Å². The third-order valence-electron chi connectivity index (χ3n) is 2.12. The van der Waals surface area contributed by atoms with Crippen LogP contribution < -0.4 is 0 Å². The molecule has 1 aromatic carbocycles. The maximum Gasteiger partial charge on any atom is 0.338 e. The van der Waals surface area contributed by atoms with Gasteiger partial charge in [0.25, 0.3) is 0 Å². The van der Waals surface area contributed by atoms with Crippen molar-refractivity contribution < 1.29 is 19.4 Å². The van der Waals surface area contributed by atoms with E-state index in [1.807, 2.05) is 6.07 Å². The molecule has 0 spiro atoms. The SMILES string of the molecule is O=C(OCCCOCCCO)c1ccccc1. The first-order valence-electron chi connectivity index (χ1n) is 5.75. The van der Waals surface area contributed by atoms with E-state index in [2.05, 4.69) is 0 Å². The minimum atomic E-state index is -0.305. The van der Waals surface area contributed by atoms with Gasteiger partial charge < -0.3 is 14.6 Å². The number of aliphatic hydroxyl groups excluding tert-OH is 1. The molecule has 0 aliphatic carbocycles. The summed E-state index contributed by atoms with van der Waals surface area (Å²) in [5.41, 5.74) is 0.564. The quantitative estimate of drug-likeness (QED) is 0.552. The molecular weight excluding hydrogens is 220 g/mol. The molecule has 0 fully saturated rings. The van der Waals surface area contributed by atoms with E-state index in [1.165, 1.54) is 0 Å². The summed E-state index contributed by atoms with van der Waals surface area (Å²) in [6.45, 7) is 1.58. The molecular formula is C13H18O4. The van der Waals surface area contributed by atoms with Crippen LogP contribution in [0, 0.1) is 0 Å². The normalized spacial score (nSPS) is 10.2. The van der Waals surface area contributed by atoms with Crippen LogP contribution >= 0.6 is 0 Å². The van der Waals surface area contributed by atoms with Crippen molar-refractivity contribution in [1.82, 2.24) is 0 Å². The third kappa shape index (κ3) is 6.04. The van der Waals surface area contributed by atoms with Gasteiger partial charge in [-0.05, 0) is 18.6 Å². The Morgan fingerprint density at radius 3 is 2.47 bits per heavy atom. The lowest BCUT2D eigenvalue weighted by Crippen LogP contribution is -2.08. The van der Waals surface area contributed by atoms with Gasteiger partial charge in [0.2, 0.25) is 0 Å². The third-order valence-corrected chi connectivity index (χ3v) is 2.12. The molecule has 0 radical (unpaired) electrons. The van der Waals surface area contributed by atoms with Crippen molar-refractivity contribution in [2.75, 3.05) is 26.4 Å². The zero-order valence-corrected chi connectivity index (χ0v) is 9.80. The molecule has 0 atom stereocenters. The molecule has 0 heterocycles. The molecule has 1 rings (SSSR count). The lowest BCUT2D eigenvalue weighted by atomic mass is 10.2. The molecule has 0 saturated heterocycles. The van der Waals surface area contributed by atoms with Crippen molar-refractivity contribution in [3.8, 4) is 0 Å². The van der Waals surface area contributed by atoms with Gasteiger partial charge in [-0.1, -0.05) is 18.2 Å². The molecule has 4 nitrogen and oxygen atoms in total. The molecule has 0 aliphatic rings. The van der Waals surface area contributed by atoms with Crippen LogP contribution in [0.1, 0.15) is 23.2 Å². The summed E-state index contributed by atoms with van der Waals surface area (Å²) in [5.74, 6) is -0.305. The molecule has 0 bridgehead atoms. The first-order chi connectivity index (χ1) is 8.34. The summed E-state index contributed by atoms with van der Waals surface area (Å²) in [6.07, 6.45) is 1.31. The van der Waals surface area contributed by atoms with Crippen molar-refractivity contribution in [2.45, 2.75) is 12.8 Å². The number of rotatable bonds is 8. The first-order valence-corrected chi connectivity index (χ1v) is 5.75. The summed E-state index contributed by atoms with van der Waals surface area (Å²) >= 11 is 0. The Labute approximate surface area is 101 Å². The van der Waals surface area contributed by atoms with Gasteiger partial charge in [0.1, 0.15) is 0 Å². The largest absolute Gasteiger partial charge is 0.462 e. The Bertz CT molecular complexity index is 310. The minimum Gasteiger partial charge on any atom is -0.462 e. The maximum atomic E-state index is 11.5. The van der Waals surface area contributed by atoms with Gasteiger partial charge in [-0.25, -0.2) is 4.79 Å². The number of carbonyl (C=O) groups is 1. The van der Waals surface area contributed by atoms with E-state index in [0.717, 1.165) is 0 Å².